The fraction of sp³-hybridized carbons (Fsp3) is 0.278. The average molecular weight is 404 g/mol. The van der Waals surface area contributed by atoms with Crippen molar-refractivity contribution in [1.82, 2.24) is 4.90 Å². The molecule has 138 valence electrons. The van der Waals surface area contributed by atoms with Crippen LogP contribution in [-0.4, -0.2) is 30.5 Å². The zero-order chi connectivity index (χ0) is 18.9. The Morgan fingerprint density at radius 2 is 1.77 bits per heavy atom. The molecule has 26 heavy (non-hydrogen) atoms. The molecule has 2 aromatic rings. The monoisotopic (exact) mass is 403 g/mol. The molecule has 0 aliphatic carbocycles. The molecule has 0 bridgehead atoms. The standard InChI is InChI=1S/C18H14Cl2F3NO2/c19-12-7-11(8-13(20)9-12)16-10-24(5-6-26-16)17(25)14-3-1-2-4-15(14)18(21,22)23/h1-4,7-9,16H,5-6,10H2. The number of amides is 1. The van der Waals surface area contributed by atoms with Gasteiger partial charge in [-0.15, -0.1) is 0 Å². The second kappa shape index (κ2) is 7.47. The predicted molar refractivity (Wildman–Crippen MR) is 92.5 cm³/mol. The first-order chi connectivity index (χ1) is 12.3. The second-order valence-electron chi connectivity index (χ2n) is 5.86. The third-order valence-corrected chi connectivity index (χ3v) is 4.51. The lowest BCUT2D eigenvalue weighted by Crippen LogP contribution is -2.42. The summed E-state index contributed by atoms with van der Waals surface area (Å²) < 4.78 is 45.2. The lowest BCUT2D eigenvalue weighted by atomic mass is 10.0. The summed E-state index contributed by atoms with van der Waals surface area (Å²) in [7, 11) is 0. The summed E-state index contributed by atoms with van der Waals surface area (Å²) in [4.78, 5) is 14.1. The van der Waals surface area contributed by atoms with Crippen LogP contribution < -0.4 is 0 Å². The van der Waals surface area contributed by atoms with Crippen LogP contribution in [0.4, 0.5) is 13.2 Å². The Bertz CT molecular complexity index is 806. The maximum atomic E-state index is 13.2. The molecule has 3 nitrogen and oxygen atoms in total. The van der Waals surface area contributed by atoms with Crippen LogP contribution in [0.5, 0.6) is 0 Å². The number of alkyl halides is 3. The van der Waals surface area contributed by atoms with Crippen molar-refractivity contribution >= 4 is 29.1 Å². The first-order valence-corrected chi connectivity index (χ1v) is 8.54. The summed E-state index contributed by atoms with van der Waals surface area (Å²) in [6.45, 7) is 0.520. The first kappa shape index (κ1) is 19.0. The van der Waals surface area contributed by atoms with Crippen molar-refractivity contribution in [3.8, 4) is 0 Å². The Morgan fingerprint density at radius 3 is 2.42 bits per heavy atom. The Morgan fingerprint density at radius 1 is 1.12 bits per heavy atom. The van der Waals surface area contributed by atoms with Crippen LogP contribution in [0.25, 0.3) is 0 Å². The van der Waals surface area contributed by atoms with Gasteiger partial charge >= 0.3 is 6.18 Å². The summed E-state index contributed by atoms with van der Waals surface area (Å²) in [5.74, 6) is -0.681. The zero-order valence-corrected chi connectivity index (χ0v) is 14.9. The fourth-order valence-corrected chi connectivity index (χ4v) is 3.43. The van der Waals surface area contributed by atoms with E-state index in [1.807, 2.05) is 0 Å². The molecule has 1 atom stereocenters. The molecule has 0 N–H and O–H groups in total. The van der Waals surface area contributed by atoms with E-state index in [1.54, 1.807) is 18.2 Å². The van der Waals surface area contributed by atoms with Gasteiger partial charge in [0.15, 0.2) is 0 Å². The number of hydrogen-bond acceptors (Lipinski definition) is 2. The molecule has 0 spiro atoms. The topological polar surface area (TPSA) is 29.5 Å². The number of ether oxygens (including phenoxy) is 1. The molecule has 1 unspecified atom stereocenters. The molecule has 2 aromatic carbocycles. The zero-order valence-electron chi connectivity index (χ0n) is 13.4. The van der Waals surface area contributed by atoms with Gasteiger partial charge in [-0.05, 0) is 35.9 Å². The minimum atomic E-state index is -4.60. The van der Waals surface area contributed by atoms with E-state index in [0.29, 0.717) is 15.6 Å². The molecule has 3 rings (SSSR count). The van der Waals surface area contributed by atoms with Gasteiger partial charge in [0.2, 0.25) is 0 Å². The highest BCUT2D eigenvalue weighted by Crippen LogP contribution is 2.33. The number of rotatable bonds is 2. The minimum absolute atomic E-state index is 0.113. The highest BCUT2D eigenvalue weighted by atomic mass is 35.5. The van der Waals surface area contributed by atoms with E-state index >= 15 is 0 Å². The van der Waals surface area contributed by atoms with Crippen LogP contribution in [-0.2, 0) is 10.9 Å². The van der Waals surface area contributed by atoms with Crippen molar-refractivity contribution in [3.63, 3.8) is 0 Å². The third kappa shape index (κ3) is 4.14. The average Bonchev–Trinajstić information content (AvgIpc) is 2.59. The SMILES string of the molecule is O=C(c1ccccc1C(F)(F)F)N1CCOC(c2cc(Cl)cc(Cl)c2)C1. The Kier molecular flexibility index (Phi) is 5.46. The first-order valence-electron chi connectivity index (χ1n) is 7.79. The van der Waals surface area contributed by atoms with Crippen LogP contribution in [0.2, 0.25) is 10.0 Å². The maximum absolute atomic E-state index is 13.2. The molecule has 1 saturated heterocycles. The van der Waals surface area contributed by atoms with Crippen LogP contribution in [0.1, 0.15) is 27.6 Å². The van der Waals surface area contributed by atoms with Gasteiger partial charge in [0, 0.05) is 16.6 Å². The summed E-state index contributed by atoms with van der Waals surface area (Å²) >= 11 is 12.0. The van der Waals surface area contributed by atoms with Crippen LogP contribution in [0.3, 0.4) is 0 Å². The summed E-state index contributed by atoms with van der Waals surface area (Å²) in [6.07, 6.45) is -5.11. The number of benzene rings is 2. The molecule has 0 aromatic heterocycles. The molecule has 1 aliphatic heterocycles. The van der Waals surface area contributed by atoms with Gasteiger partial charge in [0.25, 0.3) is 5.91 Å². The molecule has 1 amide bonds. The number of morpholine rings is 1. The van der Waals surface area contributed by atoms with E-state index in [4.69, 9.17) is 27.9 Å². The van der Waals surface area contributed by atoms with Crippen molar-refractivity contribution in [2.24, 2.45) is 0 Å². The smallest absolute Gasteiger partial charge is 0.370 e. The molecule has 0 saturated carbocycles. The largest absolute Gasteiger partial charge is 0.417 e. The molecule has 1 heterocycles. The number of halogens is 5. The van der Waals surface area contributed by atoms with Crippen LogP contribution in [0.15, 0.2) is 42.5 Å². The van der Waals surface area contributed by atoms with Gasteiger partial charge in [-0.3, -0.25) is 4.79 Å². The van der Waals surface area contributed by atoms with Gasteiger partial charge in [-0.25, -0.2) is 0 Å². The molecule has 1 aliphatic rings. The summed E-state index contributed by atoms with van der Waals surface area (Å²) in [5.41, 5.74) is -0.646. The number of nitrogens with zero attached hydrogens (tertiary/aromatic N) is 1. The van der Waals surface area contributed by atoms with Gasteiger partial charge in [-0.1, -0.05) is 35.3 Å². The highest BCUT2D eigenvalue weighted by Gasteiger charge is 2.37. The summed E-state index contributed by atoms with van der Waals surface area (Å²) in [6, 6.07) is 9.66. The quantitative estimate of drug-likeness (QED) is 0.687. The molecular formula is C18H14Cl2F3NO2. The van der Waals surface area contributed by atoms with Crippen molar-refractivity contribution in [3.05, 3.63) is 69.2 Å². The minimum Gasteiger partial charge on any atom is -0.370 e. The summed E-state index contributed by atoms with van der Waals surface area (Å²) in [5, 5.41) is 0.837. The maximum Gasteiger partial charge on any atom is 0.417 e. The Labute approximate surface area is 158 Å². The number of carbonyl (C=O) groups is 1. The van der Waals surface area contributed by atoms with Gasteiger partial charge in [-0.2, -0.15) is 13.2 Å². The molecule has 1 fully saturated rings. The van der Waals surface area contributed by atoms with Crippen LogP contribution >= 0.6 is 23.2 Å². The third-order valence-electron chi connectivity index (χ3n) is 4.07. The van der Waals surface area contributed by atoms with Crippen molar-refractivity contribution in [2.75, 3.05) is 19.7 Å². The number of hydrogen-bond donors (Lipinski definition) is 0. The van der Waals surface area contributed by atoms with Gasteiger partial charge < -0.3 is 9.64 Å². The van der Waals surface area contributed by atoms with Crippen molar-refractivity contribution in [1.29, 1.82) is 0 Å². The molecular weight excluding hydrogens is 390 g/mol. The highest BCUT2D eigenvalue weighted by molar-refractivity contribution is 6.34. The van der Waals surface area contributed by atoms with E-state index in [0.717, 1.165) is 6.07 Å². The van der Waals surface area contributed by atoms with E-state index in [1.165, 1.54) is 23.1 Å². The lowest BCUT2D eigenvalue weighted by Gasteiger charge is -2.33. The Hall–Kier alpha value is -1.76. The van der Waals surface area contributed by atoms with Gasteiger partial charge in [0.05, 0.1) is 24.3 Å². The second-order valence-corrected chi connectivity index (χ2v) is 6.73. The van der Waals surface area contributed by atoms with E-state index in [9.17, 15) is 18.0 Å². The van der Waals surface area contributed by atoms with Gasteiger partial charge in [0.1, 0.15) is 6.10 Å². The van der Waals surface area contributed by atoms with E-state index in [2.05, 4.69) is 0 Å². The fourth-order valence-electron chi connectivity index (χ4n) is 2.88. The van der Waals surface area contributed by atoms with Crippen molar-refractivity contribution in [2.45, 2.75) is 12.3 Å². The van der Waals surface area contributed by atoms with Crippen molar-refractivity contribution < 1.29 is 22.7 Å². The normalized spacial score (nSPS) is 18.0. The van der Waals surface area contributed by atoms with E-state index in [-0.39, 0.29) is 25.3 Å². The Balaban J connectivity index is 1.85. The molecule has 8 heteroatoms. The lowest BCUT2D eigenvalue weighted by molar-refractivity contribution is -0.138. The predicted octanol–water partition coefficient (Wildman–Crippen LogP) is 5.23. The van der Waals surface area contributed by atoms with E-state index < -0.39 is 23.8 Å². The van der Waals surface area contributed by atoms with Crippen LogP contribution in [0, 0.1) is 0 Å². The molecule has 0 radical (unpaired) electrons. The number of carbonyl (C=O) groups excluding carboxylic acids is 1.